The predicted molar refractivity (Wildman–Crippen MR) is 67.6 cm³/mol. The van der Waals surface area contributed by atoms with Crippen LogP contribution in [0.1, 0.15) is 38.9 Å². The Morgan fingerprint density at radius 1 is 1.41 bits per heavy atom. The molecule has 1 aromatic carbocycles. The highest BCUT2D eigenvalue weighted by Gasteiger charge is 2.30. The van der Waals surface area contributed by atoms with Crippen molar-refractivity contribution in [3.63, 3.8) is 0 Å². The summed E-state index contributed by atoms with van der Waals surface area (Å²) in [5, 5.41) is 9.73. The molecule has 1 fully saturated rings. The Morgan fingerprint density at radius 2 is 2.12 bits per heavy atom. The highest BCUT2D eigenvalue weighted by molar-refractivity contribution is 5.55. The number of rotatable bonds is 2. The SMILES string of the molecule is C[C@@H](O)c1cc(F)ccc1N1CCC(C)(C)C1. The van der Waals surface area contributed by atoms with Crippen LogP contribution in [0.25, 0.3) is 0 Å². The van der Waals surface area contributed by atoms with Crippen LogP contribution in [0.4, 0.5) is 10.1 Å². The summed E-state index contributed by atoms with van der Waals surface area (Å²) < 4.78 is 13.2. The van der Waals surface area contributed by atoms with Crippen LogP contribution >= 0.6 is 0 Å². The fraction of sp³-hybridized carbons (Fsp3) is 0.571. The van der Waals surface area contributed by atoms with E-state index in [4.69, 9.17) is 0 Å². The van der Waals surface area contributed by atoms with E-state index in [9.17, 15) is 9.50 Å². The molecule has 1 aliphatic rings. The maximum Gasteiger partial charge on any atom is 0.123 e. The Bertz CT molecular complexity index is 415. The van der Waals surface area contributed by atoms with Crippen LogP contribution in [-0.4, -0.2) is 18.2 Å². The molecule has 1 N–H and O–H groups in total. The second-order valence-electron chi connectivity index (χ2n) is 5.71. The molecule has 1 saturated heterocycles. The predicted octanol–water partition coefficient (Wildman–Crippen LogP) is 3.12. The van der Waals surface area contributed by atoms with Gasteiger partial charge in [-0.1, -0.05) is 13.8 Å². The average Bonchev–Trinajstić information content (AvgIpc) is 2.58. The van der Waals surface area contributed by atoms with E-state index >= 15 is 0 Å². The Morgan fingerprint density at radius 3 is 2.65 bits per heavy atom. The summed E-state index contributed by atoms with van der Waals surface area (Å²) in [4.78, 5) is 2.24. The van der Waals surface area contributed by atoms with E-state index < -0.39 is 6.10 Å². The van der Waals surface area contributed by atoms with Crippen LogP contribution in [0.5, 0.6) is 0 Å². The molecule has 1 heterocycles. The lowest BCUT2D eigenvalue weighted by Gasteiger charge is -2.25. The molecule has 0 aromatic heterocycles. The minimum Gasteiger partial charge on any atom is -0.389 e. The number of hydrogen-bond donors (Lipinski definition) is 1. The van der Waals surface area contributed by atoms with E-state index in [0.29, 0.717) is 11.0 Å². The van der Waals surface area contributed by atoms with E-state index in [0.717, 1.165) is 25.2 Å². The van der Waals surface area contributed by atoms with Gasteiger partial charge in [-0.15, -0.1) is 0 Å². The van der Waals surface area contributed by atoms with E-state index in [1.54, 1.807) is 13.0 Å². The third-order valence-electron chi connectivity index (χ3n) is 3.46. The van der Waals surface area contributed by atoms with Crippen molar-refractivity contribution in [1.29, 1.82) is 0 Å². The van der Waals surface area contributed by atoms with Gasteiger partial charge in [0.25, 0.3) is 0 Å². The zero-order valence-electron chi connectivity index (χ0n) is 10.7. The van der Waals surface area contributed by atoms with Crippen LogP contribution < -0.4 is 4.90 Å². The normalized spacial score (nSPS) is 20.6. The molecule has 17 heavy (non-hydrogen) atoms. The number of benzene rings is 1. The zero-order valence-corrected chi connectivity index (χ0v) is 10.7. The first-order valence-corrected chi connectivity index (χ1v) is 6.11. The lowest BCUT2D eigenvalue weighted by Crippen LogP contribution is -2.24. The number of hydrogen-bond acceptors (Lipinski definition) is 2. The first-order chi connectivity index (χ1) is 7.89. The highest BCUT2D eigenvalue weighted by Crippen LogP contribution is 2.36. The summed E-state index contributed by atoms with van der Waals surface area (Å²) in [5.74, 6) is -0.289. The Hall–Kier alpha value is -1.09. The van der Waals surface area contributed by atoms with Gasteiger partial charge in [0, 0.05) is 24.3 Å². The molecule has 2 nitrogen and oxygen atoms in total. The quantitative estimate of drug-likeness (QED) is 0.854. The van der Waals surface area contributed by atoms with Gasteiger partial charge in [0.15, 0.2) is 0 Å². The van der Waals surface area contributed by atoms with E-state index in [2.05, 4.69) is 18.7 Å². The van der Waals surface area contributed by atoms with Gasteiger partial charge >= 0.3 is 0 Å². The smallest absolute Gasteiger partial charge is 0.123 e. The first kappa shape index (κ1) is 12.4. The molecule has 1 aliphatic heterocycles. The van der Waals surface area contributed by atoms with Crippen LogP contribution in [0.3, 0.4) is 0 Å². The maximum absolute atomic E-state index is 13.2. The first-order valence-electron chi connectivity index (χ1n) is 6.11. The van der Waals surface area contributed by atoms with Crippen molar-refractivity contribution in [3.8, 4) is 0 Å². The monoisotopic (exact) mass is 237 g/mol. The minimum absolute atomic E-state index is 0.289. The maximum atomic E-state index is 13.2. The van der Waals surface area contributed by atoms with Crippen LogP contribution in [0.2, 0.25) is 0 Å². The second kappa shape index (κ2) is 4.30. The Labute approximate surface area is 102 Å². The highest BCUT2D eigenvalue weighted by atomic mass is 19.1. The van der Waals surface area contributed by atoms with Crippen LogP contribution in [-0.2, 0) is 0 Å². The molecule has 0 saturated carbocycles. The van der Waals surface area contributed by atoms with E-state index in [1.807, 2.05) is 0 Å². The molecule has 0 aliphatic carbocycles. The topological polar surface area (TPSA) is 23.5 Å². The molecule has 2 rings (SSSR count). The van der Waals surface area contributed by atoms with Gasteiger partial charge < -0.3 is 10.0 Å². The van der Waals surface area contributed by atoms with Crippen molar-refractivity contribution in [1.82, 2.24) is 0 Å². The van der Waals surface area contributed by atoms with Gasteiger partial charge in [0.1, 0.15) is 5.82 Å². The summed E-state index contributed by atoms with van der Waals surface area (Å²) >= 11 is 0. The molecular weight excluding hydrogens is 217 g/mol. The molecule has 0 bridgehead atoms. The minimum atomic E-state index is -0.635. The third-order valence-corrected chi connectivity index (χ3v) is 3.46. The molecule has 0 unspecified atom stereocenters. The number of nitrogens with zero attached hydrogens (tertiary/aromatic N) is 1. The summed E-state index contributed by atoms with van der Waals surface area (Å²) in [7, 11) is 0. The van der Waals surface area contributed by atoms with Gasteiger partial charge in [-0.2, -0.15) is 0 Å². The zero-order chi connectivity index (χ0) is 12.6. The van der Waals surface area contributed by atoms with E-state index in [-0.39, 0.29) is 5.82 Å². The van der Waals surface area contributed by atoms with Crippen molar-refractivity contribution in [3.05, 3.63) is 29.6 Å². The van der Waals surface area contributed by atoms with Gasteiger partial charge in [-0.25, -0.2) is 4.39 Å². The lowest BCUT2D eigenvalue weighted by molar-refractivity contribution is 0.199. The van der Waals surface area contributed by atoms with Gasteiger partial charge in [-0.05, 0) is 37.0 Å². The molecule has 0 spiro atoms. The molecular formula is C14H20FNO. The summed E-state index contributed by atoms with van der Waals surface area (Å²) in [5.41, 5.74) is 1.94. The van der Waals surface area contributed by atoms with E-state index in [1.165, 1.54) is 12.1 Å². The Kier molecular flexibility index (Phi) is 3.13. The standard InChI is InChI=1S/C14H20FNO/c1-10(17)12-8-11(15)4-5-13(12)16-7-6-14(2,3)9-16/h4-5,8,10,17H,6-7,9H2,1-3H3/t10-/m1/s1. The largest absolute Gasteiger partial charge is 0.389 e. The molecule has 1 atom stereocenters. The summed E-state index contributed by atoms with van der Waals surface area (Å²) in [6, 6.07) is 4.68. The third kappa shape index (κ3) is 2.60. The molecule has 0 amide bonds. The number of aliphatic hydroxyl groups is 1. The summed E-state index contributed by atoms with van der Waals surface area (Å²) in [6.45, 7) is 8.08. The molecule has 94 valence electrons. The van der Waals surface area contributed by atoms with Gasteiger partial charge in [0.05, 0.1) is 6.10 Å². The van der Waals surface area contributed by atoms with Crippen molar-refractivity contribution < 1.29 is 9.50 Å². The number of aliphatic hydroxyl groups excluding tert-OH is 1. The molecule has 0 radical (unpaired) electrons. The van der Waals surface area contributed by atoms with Crippen LogP contribution in [0, 0.1) is 11.2 Å². The van der Waals surface area contributed by atoms with Crippen LogP contribution in [0.15, 0.2) is 18.2 Å². The molecule has 1 aromatic rings. The van der Waals surface area contributed by atoms with Gasteiger partial charge in [0.2, 0.25) is 0 Å². The second-order valence-corrected chi connectivity index (χ2v) is 5.71. The van der Waals surface area contributed by atoms with Gasteiger partial charge in [-0.3, -0.25) is 0 Å². The Balaban J connectivity index is 2.33. The fourth-order valence-electron chi connectivity index (χ4n) is 2.47. The van der Waals surface area contributed by atoms with Crippen molar-refractivity contribution in [2.24, 2.45) is 5.41 Å². The number of anilines is 1. The van der Waals surface area contributed by atoms with Crippen molar-refractivity contribution in [2.45, 2.75) is 33.3 Å². The van der Waals surface area contributed by atoms with Crippen molar-refractivity contribution in [2.75, 3.05) is 18.0 Å². The summed E-state index contributed by atoms with van der Waals surface area (Å²) in [6.07, 6.45) is 0.494. The van der Waals surface area contributed by atoms with Crippen molar-refractivity contribution >= 4 is 5.69 Å². The lowest BCUT2D eigenvalue weighted by atomic mass is 9.93. The number of halogens is 1. The average molecular weight is 237 g/mol. The molecule has 3 heteroatoms. The fourth-order valence-corrected chi connectivity index (χ4v) is 2.47.